The maximum atomic E-state index is 15.0. The number of hydrogen-bond donors (Lipinski definition) is 2. The molecule has 33 heavy (non-hydrogen) atoms. The quantitative estimate of drug-likeness (QED) is 0.611. The molecule has 6 rings (SSSR count). The Kier molecular flexibility index (Phi) is 4.37. The van der Waals surface area contributed by atoms with Crippen molar-refractivity contribution in [3.8, 4) is 16.9 Å². The van der Waals surface area contributed by atoms with Crippen molar-refractivity contribution in [3.63, 3.8) is 0 Å². The van der Waals surface area contributed by atoms with Crippen molar-refractivity contribution < 1.29 is 13.9 Å². The number of rotatable bonds is 4. The molecule has 0 spiro atoms. The van der Waals surface area contributed by atoms with Crippen LogP contribution >= 0.6 is 11.6 Å². The fraction of sp³-hybridized carbons (Fsp3) is 0.304. The molecule has 10 heteroatoms. The summed E-state index contributed by atoms with van der Waals surface area (Å²) in [6.45, 7) is 0. The molecule has 2 fully saturated rings. The van der Waals surface area contributed by atoms with E-state index in [4.69, 9.17) is 16.3 Å². The molecular formula is C23H19ClFN5O3. The van der Waals surface area contributed by atoms with Gasteiger partial charge in [0.1, 0.15) is 17.1 Å². The van der Waals surface area contributed by atoms with E-state index in [9.17, 15) is 14.0 Å². The highest BCUT2D eigenvalue weighted by molar-refractivity contribution is 6.33. The van der Waals surface area contributed by atoms with E-state index in [1.165, 1.54) is 19.2 Å². The molecule has 2 saturated heterocycles. The lowest BCUT2D eigenvalue weighted by Gasteiger charge is -2.70. The number of carbonyl (C=O) groups is 1. The van der Waals surface area contributed by atoms with Gasteiger partial charge in [0.25, 0.3) is 5.56 Å². The van der Waals surface area contributed by atoms with Crippen molar-refractivity contribution in [2.45, 2.75) is 36.9 Å². The van der Waals surface area contributed by atoms with Crippen molar-refractivity contribution in [2.24, 2.45) is 0 Å². The molecule has 3 aliphatic heterocycles. The molecule has 1 amide bonds. The topological polar surface area (TPSA) is 100 Å². The zero-order chi connectivity index (χ0) is 22.9. The third kappa shape index (κ3) is 2.92. The Labute approximate surface area is 192 Å². The van der Waals surface area contributed by atoms with Gasteiger partial charge in [-0.1, -0.05) is 11.6 Å². The fourth-order valence-electron chi connectivity index (χ4n) is 5.52. The van der Waals surface area contributed by atoms with E-state index in [0.29, 0.717) is 36.1 Å². The normalized spacial score (nSPS) is 24.7. The number of halogens is 2. The number of piperidine rings is 1. The Morgan fingerprint density at radius 2 is 2.15 bits per heavy atom. The van der Waals surface area contributed by atoms with E-state index >= 15 is 0 Å². The van der Waals surface area contributed by atoms with Gasteiger partial charge in [-0.3, -0.25) is 19.5 Å². The summed E-state index contributed by atoms with van der Waals surface area (Å²) in [6.07, 6.45) is 5.03. The van der Waals surface area contributed by atoms with Gasteiger partial charge in [-0.05, 0) is 43.0 Å². The van der Waals surface area contributed by atoms with E-state index in [2.05, 4.69) is 25.4 Å². The van der Waals surface area contributed by atoms with Gasteiger partial charge in [0.05, 0.1) is 35.8 Å². The predicted octanol–water partition coefficient (Wildman–Crippen LogP) is 3.09. The number of nitrogens with zero attached hydrogens (tertiary/aromatic N) is 3. The summed E-state index contributed by atoms with van der Waals surface area (Å²) < 4.78 is 20.1. The number of methoxy groups -OCH3 is 1. The van der Waals surface area contributed by atoms with Crippen LogP contribution in [-0.2, 0) is 11.2 Å². The van der Waals surface area contributed by atoms with Crippen LogP contribution in [-0.4, -0.2) is 44.7 Å². The van der Waals surface area contributed by atoms with Gasteiger partial charge in [0.15, 0.2) is 0 Å². The van der Waals surface area contributed by atoms with Crippen LogP contribution < -0.4 is 15.6 Å². The average Bonchev–Trinajstić information content (AvgIpc) is 2.77. The first-order valence-electron chi connectivity index (χ1n) is 10.6. The number of carbonyl (C=O) groups excluding carboxylic acids is 1. The number of ether oxygens (including phenoxy) is 1. The summed E-state index contributed by atoms with van der Waals surface area (Å²) in [4.78, 5) is 31.0. The van der Waals surface area contributed by atoms with Crippen LogP contribution in [0.2, 0.25) is 5.02 Å². The maximum Gasteiger partial charge on any atom is 0.264 e. The van der Waals surface area contributed by atoms with Crippen LogP contribution in [0.25, 0.3) is 11.1 Å². The smallest absolute Gasteiger partial charge is 0.264 e. The van der Waals surface area contributed by atoms with Gasteiger partial charge in [-0.15, -0.1) is 0 Å². The van der Waals surface area contributed by atoms with Crippen LogP contribution in [0.3, 0.4) is 0 Å². The first-order valence-corrected chi connectivity index (χ1v) is 10.9. The number of H-pyrrole nitrogens is 1. The Morgan fingerprint density at radius 3 is 2.97 bits per heavy atom. The molecular weight excluding hydrogens is 449 g/mol. The minimum Gasteiger partial charge on any atom is -0.495 e. The van der Waals surface area contributed by atoms with Crippen molar-refractivity contribution in [2.75, 3.05) is 12.4 Å². The maximum absolute atomic E-state index is 15.0. The molecule has 168 valence electrons. The zero-order valence-corrected chi connectivity index (χ0v) is 18.3. The lowest BCUT2D eigenvalue weighted by Crippen LogP contribution is -2.81. The molecule has 3 aromatic rings. The van der Waals surface area contributed by atoms with Crippen molar-refractivity contribution >= 4 is 23.2 Å². The Bertz CT molecular complexity index is 1380. The van der Waals surface area contributed by atoms with E-state index in [0.717, 1.165) is 11.3 Å². The highest BCUT2D eigenvalue weighted by Crippen LogP contribution is 2.61. The molecule has 0 radical (unpaired) electrons. The Hall–Kier alpha value is -3.30. The molecule has 3 atom stereocenters. The summed E-state index contributed by atoms with van der Waals surface area (Å²) in [5, 5.41) is 9.72. The minimum atomic E-state index is -0.681. The third-order valence-corrected chi connectivity index (χ3v) is 7.32. The molecule has 1 aromatic carbocycles. The molecule has 0 aliphatic carbocycles. The highest BCUT2D eigenvalue weighted by Gasteiger charge is 2.69. The monoisotopic (exact) mass is 467 g/mol. The summed E-state index contributed by atoms with van der Waals surface area (Å²) in [6, 6.07) is 6.19. The lowest BCUT2D eigenvalue weighted by molar-refractivity contribution is -0.207. The molecule has 0 saturated carbocycles. The number of aromatic amines is 1. The second-order valence-corrected chi connectivity index (χ2v) is 9.15. The first-order chi connectivity index (χ1) is 15.9. The average molecular weight is 468 g/mol. The van der Waals surface area contributed by atoms with E-state index < -0.39 is 11.4 Å². The summed E-state index contributed by atoms with van der Waals surface area (Å²) in [5.74, 6) is -0.313. The molecule has 8 nitrogen and oxygen atoms in total. The van der Waals surface area contributed by atoms with Gasteiger partial charge in [-0.25, -0.2) is 9.49 Å². The Balaban J connectivity index is 1.24. The minimum absolute atomic E-state index is 0.00790. The second-order valence-electron chi connectivity index (χ2n) is 8.74. The summed E-state index contributed by atoms with van der Waals surface area (Å²) in [7, 11) is 1.52. The number of amides is 1. The SMILES string of the molecule is COc1cncc(-c2cc(F)c(NC(=O)C34CC5Cc6cc(=O)[nH]nc6[C@@H](C3)N54)cc2Cl)c1. The number of nitrogens with one attached hydrogen (secondary N) is 2. The molecule has 2 aromatic heterocycles. The largest absolute Gasteiger partial charge is 0.495 e. The molecule has 3 aliphatic rings. The van der Waals surface area contributed by atoms with Crippen molar-refractivity contribution in [3.05, 3.63) is 69.1 Å². The van der Waals surface area contributed by atoms with Crippen LogP contribution in [0.15, 0.2) is 41.5 Å². The summed E-state index contributed by atoms with van der Waals surface area (Å²) in [5.41, 5.74) is 1.96. The second kappa shape index (κ2) is 7.10. The van der Waals surface area contributed by atoms with Crippen molar-refractivity contribution in [1.82, 2.24) is 20.1 Å². The van der Waals surface area contributed by atoms with E-state index in [-0.39, 0.29) is 34.3 Å². The van der Waals surface area contributed by atoms with Gasteiger partial charge in [0, 0.05) is 29.4 Å². The number of hydrogen-bond acceptors (Lipinski definition) is 6. The van der Waals surface area contributed by atoms with Crippen molar-refractivity contribution in [1.29, 1.82) is 0 Å². The molecule has 2 unspecified atom stereocenters. The van der Waals surface area contributed by atoms with E-state index in [1.807, 2.05) is 0 Å². The van der Waals surface area contributed by atoms with Crippen LogP contribution in [0, 0.1) is 5.82 Å². The first kappa shape index (κ1) is 20.3. The number of anilines is 1. The Morgan fingerprint density at radius 1 is 1.30 bits per heavy atom. The van der Waals surface area contributed by atoms with Gasteiger partial charge < -0.3 is 10.1 Å². The fourth-order valence-corrected chi connectivity index (χ4v) is 5.79. The van der Waals surface area contributed by atoms with Crippen LogP contribution in [0.4, 0.5) is 10.1 Å². The number of pyridine rings is 1. The summed E-state index contributed by atoms with van der Waals surface area (Å²) >= 11 is 6.43. The highest BCUT2D eigenvalue weighted by atomic mass is 35.5. The zero-order valence-electron chi connectivity index (χ0n) is 17.6. The van der Waals surface area contributed by atoms with Crippen LogP contribution in [0.5, 0.6) is 5.75 Å². The third-order valence-electron chi connectivity index (χ3n) is 7.01. The van der Waals surface area contributed by atoms with Gasteiger partial charge >= 0.3 is 0 Å². The number of benzene rings is 1. The van der Waals surface area contributed by atoms with E-state index in [1.54, 1.807) is 24.5 Å². The predicted molar refractivity (Wildman–Crippen MR) is 119 cm³/mol. The lowest BCUT2D eigenvalue weighted by atomic mass is 9.59. The number of aromatic nitrogens is 3. The standard InChI is InChI=1S/C23H19ClFN5O3/c1-33-14-3-12(9-26-10-14)15-5-17(25)18(6-16(15)24)27-22(32)23-7-13-2-11-4-20(31)28-29-21(11)19(8-23)30(13)23/h3-6,9-10,13,19H,2,7-8H2,1H3,(H,27,32)(H,28,31)/t13?,19-,23?/m1/s1. The van der Waals surface area contributed by atoms with Crippen LogP contribution in [0.1, 0.15) is 30.1 Å². The van der Waals surface area contributed by atoms with Gasteiger partial charge in [-0.2, -0.15) is 5.10 Å². The molecule has 0 bridgehead atoms. The number of fused-ring (bicyclic) bond motifs is 2. The molecule has 5 heterocycles. The molecule has 2 N–H and O–H groups in total. The van der Waals surface area contributed by atoms with Gasteiger partial charge in [0.2, 0.25) is 5.91 Å².